The highest BCUT2D eigenvalue weighted by atomic mass is 16.6. The number of rotatable bonds is 0. The highest BCUT2D eigenvalue weighted by Gasteiger charge is 1.79. The minimum absolute atomic E-state index is 0.815. The van der Waals surface area contributed by atoms with Crippen LogP contribution in [0, 0.1) is 6.92 Å². The van der Waals surface area contributed by atoms with E-state index in [2.05, 4.69) is 14.9 Å². The summed E-state index contributed by atoms with van der Waals surface area (Å²) in [5, 5.41) is 6.77. The van der Waals surface area contributed by atoms with Gasteiger partial charge in [0.25, 0.3) is 0 Å². The summed E-state index contributed by atoms with van der Waals surface area (Å²) < 4.78 is 4.21. The van der Waals surface area contributed by atoms with Crippen LogP contribution in [0.2, 0.25) is 0 Å². The van der Waals surface area contributed by atoms with Crippen molar-refractivity contribution in [1.82, 2.24) is 10.3 Å². The quantitative estimate of drug-likeness (QED) is 0.456. The van der Waals surface area contributed by atoms with E-state index in [-0.39, 0.29) is 0 Å². The van der Waals surface area contributed by atoms with E-state index < -0.39 is 0 Å². The smallest absolute Gasteiger partial charge is 0.102 e. The standard InChI is InChI=1S/C3H4N2O/c1-3-2-4-6-5-3/h2H,1H3. The molecular formula is C3H4N2O. The predicted molar refractivity (Wildman–Crippen MR) is 19.0 cm³/mol. The van der Waals surface area contributed by atoms with Crippen LogP contribution in [0.4, 0.5) is 0 Å². The fraction of sp³-hybridized carbons (Fsp3) is 0.333. The van der Waals surface area contributed by atoms with Gasteiger partial charge in [-0.05, 0) is 6.92 Å². The lowest BCUT2D eigenvalue weighted by molar-refractivity contribution is 0.304. The van der Waals surface area contributed by atoms with E-state index in [0.717, 1.165) is 5.69 Å². The average molecular weight is 84.1 g/mol. The molecule has 0 aliphatic carbocycles. The van der Waals surface area contributed by atoms with Gasteiger partial charge in [-0.25, -0.2) is 4.63 Å². The van der Waals surface area contributed by atoms with Gasteiger partial charge < -0.3 is 0 Å². The van der Waals surface area contributed by atoms with Crippen LogP contribution in [0.15, 0.2) is 10.8 Å². The number of hydrogen-bond acceptors (Lipinski definition) is 3. The molecular weight excluding hydrogens is 80.0 g/mol. The van der Waals surface area contributed by atoms with Gasteiger partial charge in [-0.3, -0.25) is 0 Å². The van der Waals surface area contributed by atoms with Crippen LogP contribution in [0.5, 0.6) is 0 Å². The van der Waals surface area contributed by atoms with Crippen LogP contribution >= 0.6 is 0 Å². The predicted octanol–water partition coefficient (Wildman–Crippen LogP) is 0.378. The second-order valence-electron chi connectivity index (χ2n) is 1.05. The second-order valence-corrected chi connectivity index (χ2v) is 1.05. The summed E-state index contributed by atoms with van der Waals surface area (Å²) in [6.07, 6.45) is 1.56. The van der Waals surface area contributed by atoms with E-state index in [1.165, 1.54) is 0 Å². The SMILES string of the molecule is Cc1cnon1. The van der Waals surface area contributed by atoms with Crippen molar-refractivity contribution in [2.24, 2.45) is 0 Å². The van der Waals surface area contributed by atoms with Gasteiger partial charge in [-0.15, -0.1) is 0 Å². The number of nitrogens with zero attached hydrogens (tertiary/aromatic N) is 2. The molecule has 0 radical (unpaired) electrons. The lowest BCUT2D eigenvalue weighted by Crippen LogP contribution is -1.59. The molecule has 3 heteroatoms. The maximum absolute atomic E-state index is 4.21. The summed E-state index contributed by atoms with van der Waals surface area (Å²) >= 11 is 0. The first-order chi connectivity index (χ1) is 2.89. The third kappa shape index (κ3) is 0.381. The molecule has 0 saturated carbocycles. The van der Waals surface area contributed by atoms with Gasteiger partial charge in [0, 0.05) is 0 Å². The Labute approximate surface area is 34.9 Å². The fourth-order valence-corrected chi connectivity index (χ4v) is 0.211. The monoisotopic (exact) mass is 84.0 g/mol. The number of aromatic nitrogens is 2. The zero-order valence-corrected chi connectivity index (χ0v) is 3.38. The van der Waals surface area contributed by atoms with E-state index in [1.807, 2.05) is 6.92 Å². The molecule has 1 heterocycles. The van der Waals surface area contributed by atoms with Gasteiger partial charge in [0.05, 0.1) is 6.20 Å². The Morgan fingerprint density at radius 3 is 2.83 bits per heavy atom. The molecule has 0 aromatic carbocycles. The summed E-state index contributed by atoms with van der Waals surface area (Å²) in [6, 6.07) is 0. The van der Waals surface area contributed by atoms with Gasteiger partial charge in [-0.2, -0.15) is 0 Å². The van der Waals surface area contributed by atoms with Crippen molar-refractivity contribution in [3.63, 3.8) is 0 Å². The Balaban J connectivity index is 3.05. The Kier molecular flexibility index (Phi) is 0.602. The highest BCUT2D eigenvalue weighted by Crippen LogP contribution is 1.81. The molecule has 0 amide bonds. The van der Waals surface area contributed by atoms with E-state index in [9.17, 15) is 0 Å². The highest BCUT2D eigenvalue weighted by molar-refractivity contribution is 4.81. The zero-order valence-electron chi connectivity index (χ0n) is 3.38. The molecule has 0 N–H and O–H groups in total. The van der Waals surface area contributed by atoms with Crippen LogP contribution in [-0.2, 0) is 0 Å². The van der Waals surface area contributed by atoms with Gasteiger partial charge >= 0.3 is 0 Å². The minimum atomic E-state index is 0.815. The lowest BCUT2D eigenvalue weighted by atomic mass is 10.6. The molecule has 0 aliphatic heterocycles. The van der Waals surface area contributed by atoms with Crippen molar-refractivity contribution < 1.29 is 4.63 Å². The first-order valence-electron chi connectivity index (χ1n) is 1.64. The molecule has 0 atom stereocenters. The summed E-state index contributed by atoms with van der Waals surface area (Å²) in [5.41, 5.74) is 0.815. The number of aryl methyl sites for hydroxylation is 1. The molecule has 0 aliphatic rings. The molecule has 0 spiro atoms. The zero-order chi connectivity index (χ0) is 4.41. The third-order valence-electron chi connectivity index (χ3n) is 0.471. The Bertz CT molecular complexity index is 112. The van der Waals surface area contributed by atoms with E-state index in [1.54, 1.807) is 6.20 Å². The van der Waals surface area contributed by atoms with Crippen molar-refractivity contribution >= 4 is 0 Å². The van der Waals surface area contributed by atoms with Crippen LogP contribution in [-0.4, -0.2) is 10.3 Å². The fourth-order valence-electron chi connectivity index (χ4n) is 0.211. The third-order valence-corrected chi connectivity index (χ3v) is 0.471. The van der Waals surface area contributed by atoms with Crippen molar-refractivity contribution in [1.29, 1.82) is 0 Å². The van der Waals surface area contributed by atoms with Crippen LogP contribution in [0.25, 0.3) is 0 Å². The van der Waals surface area contributed by atoms with E-state index >= 15 is 0 Å². The molecule has 0 unspecified atom stereocenters. The molecule has 0 fully saturated rings. The Morgan fingerprint density at radius 1 is 1.83 bits per heavy atom. The molecule has 0 saturated heterocycles. The van der Waals surface area contributed by atoms with Crippen LogP contribution in [0.3, 0.4) is 0 Å². The second kappa shape index (κ2) is 1.08. The van der Waals surface area contributed by atoms with Gasteiger partial charge in [0.15, 0.2) is 0 Å². The molecule has 1 aromatic heterocycles. The van der Waals surface area contributed by atoms with Crippen LogP contribution in [0.1, 0.15) is 5.69 Å². The normalized spacial score (nSPS) is 8.83. The first kappa shape index (κ1) is 3.33. The van der Waals surface area contributed by atoms with E-state index in [4.69, 9.17) is 0 Å². The van der Waals surface area contributed by atoms with Crippen molar-refractivity contribution in [2.75, 3.05) is 0 Å². The molecule has 32 valence electrons. The molecule has 3 nitrogen and oxygen atoms in total. The maximum Gasteiger partial charge on any atom is 0.102 e. The average Bonchev–Trinajstić information content (AvgIpc) is 1.86. The maximum atomic E-state index is 4.21. The topological polar surface area (TPSA) is 38.9 Å². The Morgan fingerprint density at radius 2 is 2.67 bits per heavy atom. The molecule has 1 aromatic rings. The first-order valence-corrected chi connectivity index (χ1v) is 1.64. The Hall–Kier alpha value is -0.860. The van der Waals surface area contributed by atoms with Gasteiger partial charge in [0.2, 0.25) is 0 Å². The van der Waals surface area contributed by atoms with Crippen molar-refractivity contribution in [3.05, 3.63) is 11.9 Å². The summed E-state index contributed by atoms with van der Waals surface area (Å²) in [5.74, 6) is 0. The largest absolute Gasteiger partial charge is 0.244 e. The minimum Gasteiger partial charge on any atom is -0.244 e. The van der Waals surface area contributed by atoms with Crippen molar-refractivity contribution in [3.8, 4) is 0 Å². The molecule has 0 bridgehead atoms. The molecule has 6 heavy (non-hydrogen) atoms. The van der Waals surface area contributed by atoms with E-state index in [0.29, 0.717) is 0 Å². The summed E-state index contributed by atoms with van der Waals surface area (Å²) in [6.45, 7) is 1.82. The number of hydrogen-bond donors (Lipinski definition) is 0. The van der Waals surface area contributed by atoms with Crippen molar-refractivity contribution in [2.45, 2.75) is 6.92 Å². The van der Waals surface area contributed by atoms with Gasteiger partial charge in [0.1, 0.15) is 5.69 Å². The van der Waals surface area contributed by atoms with Crippen LogP contribution < -0.4 is 0 Å². The summed E-state index contributed by atoms with van der Waals surface area (Å²) in [7, 11) is 0. The van der Waals surface area contributed by atoms with Gasteiger partial charge in [-0.1, -0.05) is 10.3 Å². The summed E-state index contributed by atoms with van der Waals surface area (Å²) in [4.78, 5) is 0. The lowest BCUT2D eigenvalue weighted by Gasteiger charge is -1.58. The molecule has 1 rings (SSSR count).